The van der Waals surface area contributed by atoms with Gasteiger partial charge in [-0.2, -0.15) is 9.50 Å². The van der Waals surface area contributed by atoms with E-state index in [1.807, 2.05) is 11.9 Å². The topological polar surface area (TPSA) is 118 Å². The van der Waals surface area contributed by atoms with E-state index in [0.717, 1.165) is 38.9 Å². The van der Waals surface area contributed by atoms with Crippen LogP contribution < -0.4 is 15.5 Å². The summed E-state index contributed by atoms with van der Waals surface area (Å²) in [7, 11) is 3.55. The van der Waals surface area contributed by atoms with Gasteiger partial charge in [0, 0.05) is 33.8 Å². The predicted molar refractivity (Wildman–Crippen MR) is 138 cm³/mol. The maximum Gasteiger partial charge on any atom is 0.225 e. The van der Waals surface area contributed by atoms with Crippen LogP contribution in [0.15, 0.2) is 22.8 Å². The van der Waals surface area contributed by atoms with Gasteiger partial charge in [-0.15, -0.1) is 5.10 Å². The molecule has 0 bridgehead atoms. The van der Waals surface area contributed by atoms with Crippen molar-refractivity contribution in [3.05, 3.63) is 18.4 Å². The Kier molecular flexibility index (Phi) is 9.44. The van der Waals surface area contributed by atoms with Crippen molar-refractivity contribution in [1.29, 1.82) is 0 Å². The fraction of sp³-hybridized carbons (Fsp3) is 0.583. The molecule has 3 heterocycles. The van der Waals surface area contributed by atoms with Crippen molar-refractivity contribution >= 4 is 29.5 Å². The molecule has 3 rings (SSSR count). The summed E-state index contributed by atoms with van der Waals surface area (Å²) >= 11 is 0. The Hall–Kier alpha value is -3.18. The molecule has 0 unspecified atom stereocenters. The molecule has 0 aliphatic heterocycles. The van der Waals surface area contributed by atoms with E-state index < -0.39 is 0 Å². The number of nitrogen functional groups attached to an aromatic ring is 1. The molecule has 0 aliphatic rings. The van der Waals surface area contributed by atoms with E-state index in [4.69, 9.17) is 14.9 Å². The van der Waals surface area contributed by atoms with Crippen molar-refractivity contribution in [1.82, 2.24) is 24.5 Å². The summed E-state index contributed by atoms with van der Waals surface area (Å²) in [6, 6.07) is 3.54. The molecule has 0 fully saturated rings. The summed E-state index contributed by atoms with van der Waals surface area (Å²) in [4.78, 5) is 27.5. The fourth-order valence-corrected chi connectivity index (χ4v) is 3.86. The smallest absolute Gasteiger partial charge is 0.225 e. The van der Waals surface area contributed by atoms with Crippen LogP contribution in [0.3, 0.4) is 0 Å². The van der Waals surface area contributed by atoms with Crippen LogP contribution in [0.25, 0.3) is 17.2 Å². The summed E-state index contributed by atoms with van der Waals surface area (Å²) in [5.74, 6) is 2.27. The number of fused-ring (bicyclic) bond motifs is 1. The van der Waals surface area contributed by atoms with Crippen LogP contribution in [0.1, 0.15) is 33.6 Å². The van der Waals surface area contributed by atoms with Gasteiger partial charge in [0.05, 0.1) is 12.9 Å². The van der Waals surface area contributed by atoms with Crippen molar-refractivity contribution in [2.24, 2.45) is 5.92 Å². The maximum absolute atomic E-state index is 12.2. The minimum absolute atomic E-state index is 0.179. The first kappa shape index (κ1) is 26.4. The number of carbonyl (C=O) groups excluding carboxylic acids is 1. The number of carbonyl (C=O) groups is 1. The molecule has 0 aromatic carbocycles. The highest BCUT2D eigenvalue weighted by Gasteiger charge is 2.25. The van der Waals surface area contributed by atoms with Crippen molar-refractivity contribution in [2.45, 2.75) is 33.6 Å². The molecule has 0 spiro atoms. The lowest BCUT2D eigenvalue weighted by Crippen LogP contribution is -2.36. The van der Waals surface area contributed by atoms with Crippen LogP contribution in [0.5, 0.6) is 0 Å². The third-order valence-corrected chi connectivity index (χ3v) is 5.84. The maximum atomic E-state index is 12.2. The lowest BCUT2D eigenvalue weighted by atomic mass is 10.1. The molecule has 0 atom stereocenters. The van der Waals surface area contributed by atoms with Crippen LogP contribution in [-0.4, -0.2) is 84.4 Å². The molecule has 0 radical (unpaired) electrons. The molecule has 1 amide bonds. The van der Waals surface area contributed by atoms with E-state index >= 15 is 0 Å². The first-order valence-corrected chi connectivity index (χ1v) is 12.1. The summed E-state index contributed by atoms with van der Waals surface area (Å²) in [6.45, 7) is 11.0. The Morgan fingerprint density at radius 1 is 1.20 bits per heavy atom. The number of hydrogen-bond donors (Lipinski definition) is 1. The van der Waals surface area contributed by atoms with Crippen LogP contribution >= 0.6 is 0 Å². The van der Waals surface area contributed by atoms with E-state index in [1.165, 1.54) is 4.52 Å². The molecule has 11 heteroatoms. The van der Waals surface area contributed by atoms with Gasteiger partial charge < -0.3 is 29.6 Å². The van der Waals surface area contributed by atoms with Crippen molar-refractivity contribution < 1.29 is 13.9 Å². The van der Waals surface area contributed by atoms with Crippen molar-refractivity contribution in [2.75, 3.05) is 69.0 Å². The molecular formula is C24H38N8O3. The van der Waals surface area contributed by atoms with E-state index in [-0.39, 0.29) is 5.95 Å². The Labute approximate surface area is 206 Å². The highest BCUT2D eigenvalue weighted by atomic mass is 16.5. The fourth-order valence-electron chi connectivity index (χ4n) is 3.86. The molecule has 11 nitrogen and oxygen atoms in total. The van der Waals surface area contributed by atoms with Crippen LogP contribution in [-0.2, 0) is 9.53 Å². The molecule has 0 saturated carbocycles. The van der Waals surface area contributed by atoms with E-state index in [9.17, 15) is 4.79 Å². The standard InChI is InChI=1S/C24H38N8O3/c1-6-10-30(11-9-18(2)3)13-12-29(4)22-20(31(17-33)14-16-34-5)23-26-21(19-8-7-15-35-19)28-32(23)24(25)27-22/h7-8,15,17-18H,6,9-14,16H2,1-5H3,(H2,25,27). The Morgan fingerprint density at radius 2 is 2.00 bits per heavy atom. The zero-order valence-corrected chi connectivity index (χ0v) is 21.5. The Balaban J connectivity index is 1.99. The SMILES string of the molecule is CCCN(CCC(C)C)CCN(C)c1nc(N)n2nc(-c3ccco3)nc2c1N(C=O)CCOC. The number of furan rings is 1. The van der Waals surface area contributed by atoms with E-state index in [2.05, 4.69) is 40.7 Å². The van der Waals surface area contributed by atoms with Gasteiger partial charge in [-0.1, -0.05) is 20.8 Å². The first-order chi connectivity index (χ1) is 16.9. The number of hydrogen-bond acceptors (Lipinski definition) is 9. The highest BCUT2D eigenvalue weighted by Crippen LogP contribution is 2.33. The summed E-state index contributed by atoms with van der Waals surface area (Å²) in [5, 5.41) is 4.48. The number of ether oxygens (including phenoxy) is 1. The number of nitrogens with zero attached hydrogens (tertiary/aromatic N) is 7. The number of methoxy groups -OCH3 is 1. The van der Waals surface area contributed by atoms with Gasteiger partial charge in [0.25, 0.3) is 0 Å². The third-order valence-electron chi connectivity index (χ3n) is 5.84. The summed E-state index contributed by atoms with van der Waals surface area (Å²) < 4.78 is 12.1. The second kappa shape index (κ2) is 12.5. The monoisotopic (exact) mass is 486 g/mol. The average Bonchev–Trinajstić information content (AvgIpc) is 3.52. The predicted octanol–water partition coefficient (Wildman–Crippen LogP) is 2.77. The van der Waals surface area contributed by atoms with Gasteiger partial charge in [-0.25, -0.2) is 4.98 Å². The molecule has 3 aromatic rings. The second-order valence-corrected chi connectivity index (χ2v) is 9.03. The summed E-state index contributed by atoms with van der Waals surface area (Å²) in [6.07, 6.45) is 4.56. The number of likely N-dealkylation sites (N-methyl/N-ethyl adjacent to an activating group) is 1. The minimum atomic E-state index is 0.179. The summed E-state index contributed by atoms with van der Waals surface area (Å²) in [5.41, 5.74) is 7.27. The van der Waals surface area contributed by atoms with Crippen molar-refractivity contribution in [3.8, 4) is 11.6 Å². The lowest BCUT2D eigenvalue weighted by molar-refractivity contribution is -0.107. The largest absolute Gasteiger partial charge is 0.461 e. The lowest BCUT2D eigenvalue weighted by Gasteiger charge is -2.29. The normalized spacial score (nSPS) is 11.6. The Bertz CT molecular complexity index is 1070. The molecule has 0 aliphatic carbocycles. The van der Waals surface area contributed by atoms with Gasteiger partial charge in [0.1, 0.15) is 5.69 Å². The average molecular weight is 487 g/mol. The van der Waals surface area contributed by atoms with Gasteiger partial charge in [-0.05, 0) is 44.0 Å². The Morgan fingerprint density at radius 3 is 2.63 bits per heavy atom. The molecule has 35 heavy (non-hydrogen) atoms. The number of rotatable bonds is 15. The van der Waals surface area contributed by atoms with E-state index in [0.29, 0.717) is 54.4 Å². The molecule has 2 N–H and O–H groups in total. The van der Waals surface area contributed by atoms with Crippen molar-refractivity contribution in [3.63, 3.8) is 0 Å². The van der Waals surface area contributed by atoms with Gasteiger partial charge in [0.15, 0.2) is 17.2 Å². The van der Waals surface area contributed by atoms with Crippen LogP contribution in [0.4, 0.5) is 17.5 Å². The molecule has 3 aromatic heterocycles. The van der Waals surface area contributed by atoms with Gasteiger partial charge >= 0.3 is 0 Å². The molecule has 0 saturated heterocycles. The number of amides is 1. The number of aromatic nitrogens is 4. The molecule has 192 valence electrons. The van der Waals surface area contributed by atoms with Gasteiger partial charge in [-0.3, -0.25) is 4.79 Å². The van der Waals surface area contributed by atoms with Crippen LogP contribution in [0, 0.1) is 5.92 Å². The van der Waals surface area contributed by atoms with Crippen LogP contribution in [0.2, 0.25) is 0 Å². The second-order valence-electron chi connectivity index (χ2n) is 9.03. The van der Waals surface area contributed by atoms with Gasteiger partial charge in [0.2, 0.25) is 18.2 Å². The minimum Gasteiger partial charge on any atom is -0.461 e. The van der Waals surface area contributed by atoms with E-state index in [1.54, 1.807) is 30.4 Å². The zero-order chi connectivity index (χ0) is 25.4. The number of anilines is 3. The quantitative estimate of drug-likeness (QED) is 0.323. The molecular weight excluding hydrogens is 448 g/mol. The zero-order valence-electron chi connectivity index (χ0n) is 21.5. The number of nitrogens with two attached hydrogens (primary N) is 1. The third kappa shape index (κ3) is 6.49. The first-order valence-electron chi connectivity index (χ1n) is 12.1. The highest BCUT2D eigenvalue weighted by molar-refractivity contribution is 5.92.